The number of hydrogen-bond acceptors (Lipinski definition) is 1. The van der Waals surface area contributed by atoms with E-state index in [1.165, 1.54) is 30.4 Å². The van der Waals surface area contributed by atoms with Crippen LogP contribution in [0, 0.1) is 5.92 Å². The summed E-state index contributed by atoms with van der Waals surface area (Å²) in [6.07, 6.45) is 10.7. The highest BCUT2D eigenvalue weighted by Crippen LogP contribution is 2.13. The molecule has 0 aliphatic rings. The zero-order valence-electron chi connectivity index (χ0n) is 11.3. The highest BCUT2D eigenvalue weighted by atomic mass is 16.1. The normalized spacial score (nSPS) is 13.3. The fourth-order valence-electron chi connectivity index (χ4n) is 1.64. The molecular formula is C15H26O. The van der Waals surface area contributed by atoms with Crippen LogP contribution < -0.4 is 0 Å². The van der Waals surface area contributed by atoms with Crippen LogP contribution in [0.2, 0.25) is 0 Å². The molecule has 92 valence electrons. The van der Waals surface area contributed by atoms with Gasteiger partial charge in [0.15, 0.2) is 0 Å². The van der Waals surface area contributed by atoms with Crippen LogP contribution in [0.25, 0.3) is 0 Å². The Labute approximate surface area is 101 Å². The Bertz CT molecular complexity index is 246. The lowest BCUT2D eigenvalue weighted by atomic mass is 10.0. The lowest BCUT2D eigenvalue weighted by Gasteiger charge is -2.04. The van der Waals surface area contributed by atoms with E-state index in [4.69, 9.17) is 0 Å². The minimum Gasteiger partial charge on any atom is -0.299 e. The third-order valence-electron chi connectivity index (χ3n) is 2.74. The van der Waals surface area contributed by atoms with Crippen molar-refractivity contribution in [3.63, 3.8) is 0 Å². The van der Waals surface area contributed by atoms with Gasteiger partial charge >= 0.3 is 0 Å². The predicted octanol–water partition coefficient (Wildman–Crippen LogP) is 4.68. The van der Waals surface area contributed by atoms with Gasteiger partial charge in [0.1, 0.15) is 6.29 Å². The number of aldehydes is 1. The van der Waals surface area contributed by atoms with Crippen molar-refractivity contribution < 1.29 is 4.79 Å². The van der Waals surface area contributed by atoms with Crippen LogP contribution in [0.15, 0.2) is 23.3 Å². The average Bonchev–Trinajstić information content (AvgIpc) is 2.17. The molecule has 0 aliphatic carbocycles. The van der Waals surface area contributed by atoms with Crippen LogP contribution in [0.4, 0.5) is 0 Å². The van der Waals surface area contributed by atoms with E-state index in [1.807, 2.05) is 6.92 Å². The summed E-state index contributed by atoms with van der Waals surface area (Å²) in [5.74, 6) is 0.811. The quantitative estimate of drug-likeness (QED) is 0.331. The van der Waals surface area contributed by atoms with Crippen molar-refractivity contribution in [2.75, 3.05) is 0 Å². The van der Waals surface area contributed by atoms with Gasteiger partial charge in [0.05, 0.1) is 0 Å². The van der Waals surface area contributed by atoms with Gasteiger partial charge in [0, 0.05) is 0 Å². The molecule has 1 nitrogen and oxygen atoms in total. The molecule has 0 saturated carbocycles. The second kappa shape index (κ2) is 9.38. The molecular weight excluding hydrogens is 196 g/mol. The van der Waals surface area contributed by atoms with Crippen LogP contribution in [0.5, 0.6) is 0 Å². The van der Waals surface area contributed by atoms with Gasteiger partial charge in [0.25, 0.3) is 0 Å². The minimum absolute atomic E-state index is 0.811. The van der Waals surface area contributed by atoms with Gasteiger partial charge in [-0.05, 0) is 51.5 Å². The minimum atomic E-state index is 0.811. The Morgan fingerprint density at radius 3 is 2.38 bits per heavy atom. The smallest absolute Gasteiger partial charge is 0.142 e. The third kappa shape index (κ3) is 9.70. The van der Waals surface area contributed by atoms with Gasteiger partial charge < -0.3 is 0 Å². The van der Waals surface area contributed by atoms with Crippen LogP contribution in [-0.2, 0) is 4.79 Å². The average molecular weight is 222 g/mol. The zero-order chi connectivity index (χ0) is 12.4. The maximum absolute atomic E-state index is 10.2. The molecule has 0 rings (SSSR count). The molecule has 0 heterocycles. The lowest BCUT2D eigenvalue weighted by molar-refractivity contribution is -0.104. The molecule has 0 aliphatic heterocycles. The highest BCUT2D eigenvalue weighted by molar-refractivity contribution is 5.65. The zero-order valence-corrected chi connectivity index (χ0v) is 11.3. The molecule has 16 heavy (non-hydrogen) atoms. The topological polar surface area (TPSA) is 17.1 Å². The molecule has 0 aromatic heterocycles. The fraction of sp³-hybridized carbons (Fsp3) is 0.667. The maximum atomic E-state index is 10.2. The van der Waals surface area contributed by atoms with Crippen LogP contribution in [0.1, 0.15) is 59.8 Å². The summed E-state index contributed by atoms with van der Waals surface area (Å²) in [7, 11) is 0. The van der Waals surface area contributed by atoms with Crippen molar-refractivity contribution in [3.05, 3.63) is 23.3 Å². The first-order chi connectivity index (χ1) is 7.56. The molecule has 0 bridgehead atoms. The monoisotopic (exact) mass is 222 g/mol. The van der Waals surface area contributed by atoms with Crippen LogP contribution >= 0.6 is 0 Å². The summed E-state index contributed by atoms with van der Waals surface area (Å²) < 4.78 is 0. The van der Waals surface area contributed by atoms with E-state index >= 15 is 0 Å². The number of carbonyl (C=O) groups is 1. The summed E-state index contributed by atoms with van der Waals surface area (Å²) >= 11 is 0. The van der Waals surface area contributed by atoms with Gasteiger partial charge in [-0.2, -0.15) is 0 Å². The molecule has 0 aromatic rings. The third-order valence-corrected chi connectivity index (χ3v) is 2.74. The van der Waals surface area contributed by atoms with Crippen molar-refractivity contribution in [1.29, 1.82) is 0 Å². The van der Waals surface area contributed by atoms with E-state index in [9.17, 15) is 4.79 Å². The Morgan fingerprint density at radius 1 is 1.12 bits per heavy atom. The summed E-state index contributed by atoms with van der Waals surface area (Å²) in [5.41, 5.74) is 2.65. The SMILES string of the molecule is CC(=CC=O)CCC=C(C)CCCC(C)C. The van der Waals surface area contributed by atoms with Gasteiger partial charge in [-0.15, -0.1) is 0 Å². The number of carbonyl (C=O) groups excluding carboxylic acids is 1. The Kier molecular flexibility index (Phi) is 8.88. The summed E-state index contributed by atoms with van der Waals surface area (Å²) in [6, 6.07) is 0. The lowest BCUT2D eigenvalue weighted by Crippen LogP contribution is -1.87. The molecule has 0 radical (unpaired) electrons. The second-order valence-electron chi connectivity index (χ2n) is 5.02. The molecule has 0 unspecified atom stereocenters. The number of rotatable bonds is 8. The van der Waals surface area contributed by atoms with Crippen molar-refractivity contribution in [2.24, 2.45) is 5.92 Å². The molecule has 0 amide bonds. The van der Waals surface area contributed by atoms with E-state index in [0.29, 0.717) is 0 Å². The van der Waals surface area contributed by atoms with Crippen molar-refractivity contribution in [1.82, 2.24) is 0 Å². The number of hydrogen-bond donors (Lipinski definition) is 0. The summed E-state index contributed by atoms with van der Waals surface area (Å²) in [5, 5.41) is 0. The molecule has 0 fully saturated rings. The first-order valence-electron chi connectivity index (χ1n) is 6.32. The second-order valence-corrected chi connectivity index (χ2v) is 5.02. The van der Waals surface area contributed by atoms with Crippen LogP contribution in [-0.4, -0.2) is 6.29 Å². The first kappa shape index (κ1) is 15.2. The predicted molar refractivity (Wildman–Crippen MR) is 71.5 cm³/mol. The Hall–Kier alpha value is -0.850. The highest BCUT2D eigenvalue weighted by Gasteiger charge is 1.95. The molecule has 0 aromatic carbocycles. The molecule has 0 spiro atoms. The van der Waals surface area contributed by atoms with Crippen molar-refractivity contribution in [3.8, 4) is 0 Å². The van der Waals surface area contributed by atoms with Crippen molar-refractivity contribution >= 4 is 6.29 Å². The van der Waals surface area contributed by atoms with E-state index in [0.717, 1.165) is 25.0 Å². The first-order valence-corrected chi connectivity index (χ1v) is 6.32. The standard InChI is InChI=1S/C15H26O/c1-13(2)7-5-8-14(3)9-6-10-15(4)11-12-16/h9,11-13H,5-8,10H2,1-4H3. The van der Waals surface area contributed by atoms with Gasteiger partial charge in [-0.1, -0.05) is 37.5 Å². The van der Waals surface area contributed by atoms with E-state index < -0.39 is 0 Å². The van der Waals surface area contributed by atoms with E-state index in [1.54, 1.807) is 6.08 Å². The maximum Gasteiger partial charge on any atom is 0.142 e. The molecule has 0 atom stereocenters. The van der Waals surface area contributed by atoms with Gasteiger partial charge in [0.2, 0.25) is 0 Å². The van der Waals surface area contributed by atoms with Crippen molar-refractivity contribution in [2.45, 2.75) is 59.8 Å². The molecule has 1 heteroatoms. The van der Waals surface area contributed by atoms with Crippen LogP contribution in [0.3, 0.4) is 0 Å². The van der Waals surface area contributed by atoms with E-state index in [-0.39, 0.29) is 0 Å². The van der Waals surface area contributed by atoms with Gasteiger partial charge in [-0.3, -0.25) is 4.79 Å². The number of allylic oxidation sites excluding steroid dienone is 4. The Morgan fingerprint density at radius 2 is 1.81 bits per heavy atom. The molecule has 0 saturated heterocycles. The molecule has 0 N–H and O–H groups in total. The largest absolute Gasteiger partial charge is 0.299 e. The summed E-state index contributed by atoms with van der Waals surface area (Å²) in [4.78, 5) is 10.2. The van der Waals surface area contributed by atoms with E-state index in [2.05, 4.69) is 26.8 Å². The summed E-state index contributed by atoms with van der Waals surface area (Å²) in [6.45, 7) is 8.76. The fourth-order valence-corrected chi connectivity index (χ4v) is 1.64. The van der Waals surface area contributed by atoms with Gasteiger partial charge in [-0.25, -0.2) is 0 Å². The Balaban J connectivity index is 3.70.